The first-order valence-electron chi connectivity index (χ1n) is 11.6. The molecule has 6 aromatic carbocycles. The fourth-order valence-corrected chi connectivity index (χ4v) is 8.21. The summed E-state index contributed by atoms with van der Waals surface area (Å²) in [6.45, 7) is 0. The zero-order chi connectivity index (χ0) is 22.7. The molecule has 0 unspecified atom stereocenters. The lowest BCUT2D eigenvalue weighted by atomic mass is 9.97. The average molecular weight is 452 g/mol. The van der Waals surface area contributed by atoms with Gasteiger partial charge in [-0.05, 0) is 49.9 Å². The Morgan fingerprint density at radius 2 is 1.09 bits per heavy atom. The van der Waals surface area contributed by atoms with Gasteiger partial charge >= 0.3 is 0 Å². The van der Waals surface area contributed by atoms with E-state index in [1.54, 1.807) is 0 Å². The van der Waals surface area contributed by atoms with E-state index < -0.39 is 7.14 Å². The Hall–Kier alpha value is -3.93. The smallest absolute Gasteiger partial charge is 0.171 e. The van der Waals surface area contributed by atoms with Crippen LogP contribution in [0.15, 0.2) is 127 Å². The Bertz CT molecular complexity index is 1720. The topological polar surface area (TPSA) is 17.1 Å². The Morgan fingerprint density at radius 1 is 0.441 bits per heavy atom. The first-order chi connectivity index (χ1) is 16.7. The summed E-state index contributed by atoms with van der Waals surface area (Å²) in [6, 6.07) is 43.7. The van der Waals surface area contributed by atoms with E-state index in [-0.39, 0.29) is 0 Å². The quantitative estimate of drug-likeness (QED) is 0.258. The molecule has 0 heterocycles. The molecular formula is C32H21OP. The van der Waals surface area contributed by atoms with Crippen LogP contribution in [0.4, 0.5) is 0 Å². The maximum absolute atomic E-state index is 14.8. The summed E-state index contributed by atoms with van der Waals surface area (Å²) in [5.41, 5.74) is 5.15. The van der Waals surface area contributed by atoms with Crippen LogP contribution in [0.5, 0.6) is 0 Å². The molecule has 0 aromatic heterocycles. The van der Waals surface area contributed by atoms with Crippen LogP contribution in [0.25, 0.3) is 43.8 Å². The van der Waals surface area contributed by atoms with Crippen molar-refractivity contribution in [1.82, 2.24) is 0 Å². The van der Waals surface area contributed by atoms with E-state index in [0.717, 1.165) is 21.3 Å². The molecule has 160 valence electrons. The molecule has 0 aliphatic heterocycles. The average Bonchev–Trinajstić information content (AvgIpc) is 3.25. The van der Waals surface area contributed by atoms with Crippen molar-refractivity contribution < 1.29 is 4.57 Å². The highest BCUT2D eigenvalue weighted by molar-refractivity contribution is 7.85. The van der Waals surface area contributed by atoms with Crippen LogP contribution in [0.3, 0.4) is 0 Å². The highest BCUT2D eigenvalue weighted by Crippen LogP contribution is 2.50. The minimum atomic E-state index is -3.00. The van der Waals surface area contributed by atoms with Crippen molar-refractivity contribution in [2.45, 2.75) is 0 Å². The second kappa shape index (κ2) is 7.29. The standard InChI is InChI=1S/C32H21OP/c33-34(24-11-3-1-4-12-24,25-13-5-2-6-14-25)26-18-20-27-23(21-26)17-19-29-28-15-7-9-22-10-8-16-30(31(22)28)32(27)29/h1-21H. The molecule has 34 heavy (non-hydrogen) atoms. The molecule has 0 radical (unpaired) electrons. The minimum absolute atomic E-state index is 0.860. The molecule has 0 N–H and O–H groups in total. The van der Waals surface area contributed by atoms with Gasteiger partial charge in [-0.2, -0.15) is 0 Å². The summed E-state index contributed by atoms with van der Waals surface area (Å²) >= 11 is 0. The lowest BCUT2D eigenvalue weighted by molar-refractivity contribution is 0.592. The third-order valence-corrected chi connectivity index (χ3v) is 10.1. The van der Waals surface area contributed by atoms with Gasteiger partial charge in [0.1, 0.15) is 0 Å². The molecule has 2 heteroatoms. The third kappa shape index (κ3) is 2.65. The molecule has 0 bridgehead atoms. The van der Waals surface area contributed by atoms with E-state index in [9.17, 15) is 4.57 Å². The monoisotopic (exact) mass is 452 g/mol. The van der Waals surface area contributed by atoms with E-state index in [1.807, 2.05) is 60.7 Å². The minimum Gasteiger partial charge on any atom is -0.309 e. The maximum Gasteiger partial charge on any atom is 0.171 e. The Labute approximate surface area is 198 Å². The van der Waals surface area contributed by atoms with Crippen molar-refractivity contribution in [3.8, 4) is 22.3 Å². The summed E-state index contributed by atoms with van der Waals surface area (Å²) in [7, 11) is -3.00. The summed E-state index contributed by atoms with van der Waals surface area (Å²) in [4.78, 5) is 0. The molecule has 0 atom stereocenters. The van der Waals surface area contributed by atoms with Gasteiger partial charge in [0, 0.05) is 15.9 Å². The predicted octanol–water partition coefficient (Wildman–Crippen LogP) is 7.28. The second-order valence-electron chi connectivity index (χ2n) is 8.88. The number of benzene rings is 6. The van der Waals surface area contributed by atoms with Crippen LogP contribution in [0, 0.1) is 0 Å². The van der Waals surface area contributed by atoms with E-state index in [1.165, 1.54) is 38.4 Å². The largest absolute Gasteiger partial charge is 0.309 e. The van der Waals surface area contributed by atoms with Crippen molar-refractivity contribution in [3.05, 3.63) is 127 Å². The second-order valence-corrected chi connectivity index (χ2v) is 11.7. The van der Waals surface area contributed by atoms with Gasteiger partial charge in [0.25, 0.3) is 0 Å². The highest BCUT2D eigenvalue weighted by Gasteiger charge is 2.30. The summed E-state index contributed by atoms with van der Waals surface area (Å²) in [5, 5.41) is 7.51. The zero-order valence-corrected chi connectivity index (χ0v) is 19.4. The van der Waals surface area contributed by atoms with Gasteiger partial charge in [-0.15, -0.1) is 0 Å². The van der Waals surface area contributed by atoms with Crippen LogP contribution in [-0.2, 0) is 4.57 Å². The number of rotatable bonds is 3. The molecule has 0 fully saturated rings. The van der Waals surface area contributed by atoms with Gasteiger partial charge in [0.05, 0.1) is 0 Å². The summed E-state index contributed by atoms with van der Waals surface area (Å²) < 4.78 is 14.8. The molecule has 1 aliphatic rings. The fourth-order valence-electron chi connectivity index (χ4n) is 5.52. The van der Waals surface area contributed by atoms with E-state index in [0.29, 0.717) is 0 Å². The van der Waals surface area contributed by atoms with Crippen molar-refractivity contribution in [1.29, 1.82) is 0 Å². The maximum atomic E-state index is 14.8. The highest BCUT2D eigenvalue weighted by atomic mass is 31.2. The van der Waals surface area contributed by atoms with Gasteiger partial charge < -0.3 is 4.57 Å². The van der Waals surface area contributed by atoms with Crippen LogP contribution in [-0.4, -0.2) is 0 Å². The van der Waals surface area contributed by atoms with E-state index >= 15 is 0 Å². The Kier molecular flexibility index (Phi) is 4.19. The van der Waals surface area contributed by atoms with Crippen LogP contribution in [0.1, 0.15) is 0 Å². The van der Waals surface area contributed by atoms with Crippen molar-refractivity contribution in [2.75, 3.05) is 0 Å². The van der Waals surface area contributed by atoms with Crippen LogP contribution >= 0.6 is 7.14 Å². The SMILES string of the molecule is O=P(c1ccccc1)(c1ccccc1)c1ccc2c3c(ccc2c1)-c1cccc2cccc-3c12. The summed E-state index contributed by atoms with van der Waals surface area (Å²) in [5.74, 6) is 0. The normalized spacial score (nSPS) is 12.2. The molecule has 1 nitrogen and oxygen atoms in total. The van der Waals surface area contributed by atoms with Crippen molar-refractivity contribution in [2.24, 2.45) is 0 Å². The van der Waals surface area contributed by atoms with E-state index in [2.05, 4.69) is 66.7 Å². The third-order valence-electron chi connectivity index (χ3n) is 7.07. The number of fused-ring (bicyclic) bond motifs is 5. The predicted molar refractivity (Wildman–Crippen MR) is 145 cm³/mol. The lowest BCUT2D eigenvalue weighted by Gasteiger charge is -2.21. The first-order valence-corrected chi connectivity index (χ1v) is 13.3. The van der Waals surface area contributed by atoms with Crippen molar-refractivity contribution in [3.63, 3.8) is 0 Å². The number of hydrogen-bond acceptors (Lipinski definition) is 1. The Balaban J connectivity index is 1.49. The molecule has 0 amide bonds. The molecule has 0 saturated heterocycles. The number of hydrogen-bond donors (Lipinski definition) is 0. The van der Waals surface area contributed by atoms with Gasteiger partial charge in [0.2, 0.25) is 0 Å². The van der Waals surface area contributed by atoms with Gasteiger partial charge in [-0.1, -0.05) is 121 Å². The van der Waals surface area contributed by atoms with Gasteiger partial charge in [-0.25, -0.2) is 0 Å². The van der Waals surface area contributed by atoms with Gasteiger partial charge in [0.15, 0.2) is 7.14 Å². The molecule has 1 aliphatic carbocycles. The first kappa shape index (κ1) is 19.5. The lowest BCUT2D eigenvalue weighted by Crippen LogP contribution is -2.24. The molecular weight excluding hydrogens is 431 g/mol. The van der Waals surface area contributed by atoms with Crippen LogP contribution in [0.2, 0.25) is 0 Å². The van der Waals surface area contributed by atoms with Crippen molar-refractivity contribution >= 4 is 44.6 Å². The van der Waals surface area contributed by atoms with E-state index in [4.69, 9.17) is 0 Å². The molecule has 0 saturated carbocycles. The van der Waals surface area contributed by atoms with Gasteiger partial charge in [-0.3, -0.25) is 0 Å². The summed E-state index contributed by atoms with van der Waals surface area (Å²) in [6.07, 6.45) is 0. The fraction of sp³-hybridized carbons (Fsp3) is 0. The zero-order valence-electron chi connectivity index (χ0n) is 18.5. The molecule has 6 aromatic rings. The van der Waals surface area contributed by atoms with Crippen LogP contribution < -0.4 is 15.9 Å². The molecule has 7 rings (SSSR count). The Morgan fingerprint density at radius 3 is 1.76 bits per heavy atom. The molecule has 0 spiro atoms.